The highest BCUT2D eigenvalue weighted by atomic mass is 32.1. The fraction of sp³-hybridized carbons (Fsp3) is 0.250. The molecule has 0 unspecified atom stereocenters. The van der Waals surface area contributed by atoms with Crippen molar-refractivity contribution in [3.05, 3.63) is 23.4 Å². The lowest BCUT2D eigenvalue weighted by Crippen LogP contribution is -2.08. The van der Waals surface area contributed by atoms with Crippen LogP contribution in [0.3, 0.4) is 0 Å². The number of carbonyl (C=O) groups is 1. The van der Waals surface area contributed by atoms with Gasteiger partial charge in [-0.3, -0.25) is 5.10 Å². The molecule has 84 valence electrons. The maximum atomic E-state index is 10.8. The normalized spacial score (nSPS) is 10.2. The zero-order chi connectivity index (χ0) is 11.4. The molecular formula is C8H9N5O2S. The van der Waals surface area contributed by atoms with Crippen LogP contribution in [0.5, 0.6) is 0 Å². The Bertz CT molecular complexity index is 466. The smallest absolute Gasteiger partial charge is 0.357 e. The molecule has 0 fully saturated rings. The first kappa shape index (κ1) is 10.6. The van der Waals surface area contributed by atoms with Gasteiger partial charge in [0.1, 0.15) is 17.2 Å². The van der Waals surface area contributed by atoms with Crippen molar-refractivity contribution in [2.24, 2.45) is 0 Å². The molecule has 0 aromatic carbocycles. The summed E-state index contributed by atoms with van der Waals surface area (Å²) in [5.41, 5.74) is 1.56. The van der Waals surface area contributed by atoms with Crippen LogP contribution in [0.1, 0.15) is 16.3 Å². The highest BCUT2D eigenvalue weighted by Crippen LogP contribution is 2.19. The first-order valence-electron chi connectivity index (χ1n) is 4.52. The molecule has 0 aliphatic heterocycles. The van der Waals surface area contributed by atoms with Gasteiger partial charge in [-0.1, -0.05) is 0 Å². The quantitative estimate of drug-likeness (QED) is 0.706. The minimum absolute atomic E-state index is 0.0579. The topological polar surface area (TPSA) is 104 Å². The van der Waals surface area contributed by atoms with Gasteiger partial charge in [-0.15, -0.1) is 11.3 Å². The second-order valence-electron chi connectivity index (χ2n) is 2.94. The molecule has 0 atom stereocenters. The van der Waals surface area contributed by atoms with Gasteiger partial charge in [-0.2, -0.15) is 5.10 Å². The molecule has 0 aliphatic rings. The van der Waals surface area contributed by atoms with Crippen LogP contribution in [0.15, 0.2) is 11.8 Å². The number of thiazole rings is 1. The van der Waals surface area contributed by atoms with E-state index in [1.54, 1.807) is 0 Å². The molecule has 3 N–H and O–H groups in total. The minimum Gasteiger partial charge on any atom is -0.476 e. The Balaban J connectivity index is 1.90. The monoisotopic (exact) mass is 239 g/mol. The van der Waals surface area contributed by atoms with Gasteiger partial charge in [0.2, 0.25) is 0 Å². The molecule has 2 aromatic heterocycles. The van der Waals surface area contributed by atoms with E-state index in [9.17, 15) is 4.79 Å². The molecule has 0 aliphatic carbocycles. The van der Waals surface area contributed by atoms with Crippen LogP contribution in [0.4, 0.5) is 5.00 Å². The summed E-state index contributed by atoms with van der Waals surface area (Å²) in [7, 11) is 0. The van der Waals surface area contributed by atoms with Crippen molar-refractivity contribution in [2.75, 3.05) is 11.9 Å². The van der Waals surface area contributed by atoms with Crippen molar-refractivity contribution < 1.29 is 9.90 Å². The third-order valence-corrected chi connectivity index (χ3v) is 2.67. The molecule has 0 bridgehead atoms. The zero-order valence-corrected chi connectivity index (χ0v) is 8.99. The maximum absolute atomic E-state index is 10.8. The van der Waals surface area contributed by atoms with E-state index < -0.39 is 5.97 Å². The van der Waals surface area contributed by atoms with Crippen LogP contribution in [-0.4, -0.2) is 37.8 Å². The van der Waals surface area contributed by atoms with Crippen molar-refractivity contribution in [3.63, 3.8) is 0 Å². The summed E-state index contributed by atoms with van der Waals surface area (Å²) in [5, 5.41) is 18.8. The second kappa shape index (κ2) is 4.71. The van der Waals surface area contributed by atoms with Gasteiger partial charge in [0.05, 0.1) is 5.51 Å². The first-order chi connectivity index (χ1) is 7.77. The van der Waals surface area contributed by atoms with Gasteiger partial charge in [0.15, 0.2) is 5.69 Å². The summed E-state index contributed by atoms with van der Waals surface area (Å²) in [6, 6.07) is 0. The molecule has 0 amide bonds. The van der Waals surface area contributed by atoms with Crippen molar-refractivity contribution in [3.8, 4) is 0 Å². The Labute approximate surface area is 94.6 Å². The molecule has 7 nitrogen and oxygen atoms in total. The predicted octanol–water partition coefficient (Wildman–Crippen LogP) is 0.614. The highest BCUT2D eigenvalue weighted by molar-refractivity contribution is 7.14. The van der Waals surface area contributed by atoms with Crippen LogP contribution < -0.4 is 5.32 Å². The second-order valence-corrected chi connectivity index (χ2v) is 3.80. The largest absolute Gasteiger partial charge is 0.476 e. The Morgan fingerprint density at radius 3 is 3.12 bits per heavy atom. The summed E-state index contributed by atoms with van der Waals surface area (Å²) < 4.78 is 0. The van der Waals surface area contributed by atoms with E-state index >= 15 is 0 Å². The van der Waals surface area contributed by atoms with Crippen LogP contribution in [0, 0.1) is 0 Å². The lowest BCUT2D eigenvalue weighted by Gasteiger charge is -2.01. The highest BCUT2D eigenvalue weighted by Gasteiger charge is 2.12. The Hall–Kier alpha value is -1.96. The number of carboxylic acid groups (broad SMARTS) is 1. The van der Waals surface area contributed by atoms with E-state index in [0.29, 0.717) is 18.0 Å². The number of hydrogen-bond donors (Lipinski definition) is 3. The third-order valence-electron chi connectivity index (χ3n) is 1.88. The Morgan fingerprint density at radius 2 is 2.44 bits per heavy atom. The van der Waals surface area contributed by atoms with Crippen LogP contribution >= 0.6 is 11.3 Å². The standard InChI is InChI=1S/C8H9N5O2S/c14-8(15)6-7(16-4-11-6)9-2-1-5-10-3-12-13-5/h3-4,9H,1-2H2,(H,14,15)(H,10,12,13). The van der Waals surface area contributed by atoms with Gasteiger partial charge in [-0.05, 0) is 0 Å². The van der Waals surface area contributed by atoms with Crippen LogP contribution in [0.25, 0.3) is 0 Å². The molecule has 0 saturated heterocycles. The van der Waals surface area contributed by atoms with Crippen molar-refractivity contribution in [1.29, 1.82) is 0 Å². The number of aromatic nitrogens is 4. The van der Waals surface area contributed by atoms with Crippen molar-refractivity contribution in [1.82, 2.24) is 20.2 Å². The van der Waals surface area contributed by atoms with E-state index in [1.807, 2.05) is 0 Å². The van der Waals surface area contributed by atoms with E-state index in [4.69, 9.17) is 5.11 Å². The lowest BCUT2D eigenvalue weighted by molar-refractivity contribution is 0.0692. The number of carboxylic acids is 1. The summed E-state index contributed by atoms with van der Waals surface area (Å²) in [6.45, 7) is 0.581. The number of anilines is 1. The van der Waals surface area contributed by atoms with Crippen molar-refractivity contribution >= 4 is 22.3 Å². The van der Waals surface area contributed by atoms with Crippen LogP contribution in [-0.2, 0) is 6.42 Å². The third kappa shape index (κ3) is 2.34. The average Bonchev–Trinajstić information content (AvgIpc) is 2.87. The molecule has 0 spiro atoms. The SMILES string of the molecule is O=C(O)c1ncsc1NCCc1ncn[nH]1. The van der Waals surface area contributed by atoms with Gasteiger partial charge < -0.3 is 10.4 Å². The summed E-state index contributed by atoms with van der Waals surface area (Å²) in [6.07, 6.45) is 2.08. The number of nitrogens with zero attached hydrogens (tertiary/aromatic N) is 3. The van der Waals surface area contributed by atoms with Gasteiger partial charge in [-0.25, -0.2) is 14.8 Å². The molecular weight excluding hydrogens is 230 g/mol. The molecule has 0 radical (unpaired) electrons. The van der Waals surface area contributed by atoms with E-state index in [-0.39, 0.29) is 5.69 Å². The van der Waals surface area contributed by atoms with E-state index in [1.165, 1.54) is 23.2 Å². The summed E-state index contributed by atoms with van der Waals surface area (Å²) in [4.78, 5) is 18.5. The fourth-order valence-corrected chi connectivity index (χ4v) is 1.87. The number of aromatic carboxylic acids is 1. The molecule has 16 heavy (non-hydrogen) atoms. The van der Waals surface area contributed by atoms with Gasteiger partial charge >= 0.3 is 5.97 Å². The minimum atomic E-state index is -1.02. The molecule has 2 rings (SSSR count). The average molecular weight is 239 g/mol. The fourth-order valence-electron chi connectivity index (χ4n) is 1.17. The summed E-state index contributed by atoms with van der Waals surface area (Å²) >= 11 is 1.27. The Kier molecular flexibility index (Phi) is 3.10. The zero-order valence-electron chi connectivity index (χ0n) is 8.17. The number of rotatable bonds is 5. The number of aromatic amines is 1. The molecule has 8 heteroatoms. The van der Waals surface area contributed by atoms with E-state index in [2.05, 4.69) is 25.5 Å². The lowest BCUT2D eigenvalue weighted by atomic mass is 10.4. The molecule has 2 aromatic rings. The van der Waals surface area contributed by atoms with E-state index in [0.717, 1.165) is 5.82 Å². The van der Waals surface area contributed by atoms with Gasteiger partial charge in [0.25, 0.3) is 0 Å². The first-order valence-corrected chi connectivity index (χ1v) is 5.40. The molecule has 0 saturated carbocycles. The van der Waals surface area contributed by atoms with Crippen LogP contribution in [0.2, 0.25) is 0 Å². The number of hydrogen-bond acceptors (Lipinski definition) is 6. The summed E-state index contributed by atoms with van der Waals surface area (Å²) in [5.74, 6) is -0.266. The Morgan fingerprint density at radius 1 is 1.56 bits per heavy atom. The maximum Gasteiger partial charge on any atom is 0.357 e. The number of nitrogens with one attached hydrogen (secondary N) is 2. The van der Waals surface area contributed by atoms with Crippen molar-refractivity contribution in [2.45, 2.75) is 6.42 Å². The molecule has 2 heterocycles. The van der Waals surface area contributed by atoms with Gasteiger partial charge in [0, 0.05) is 13.0 Å². The number of H-pyrrole nitrogens is 1. The predicted molar refractivity (Wildman–Crippen MR) is 57.6 cm³/mol.